The van der Waals surface area contributed by atoms with Crippen LogP contribution < -0.4 is 21.1 Å². The highest BCUT2D eigenvalue weighted by Crippen LogP contribution is 2.13. The second kappa shape index (κ2) is 8.11. The molecule has 0 bridgehead atoms. The number of hydrogen-bond acceptors (Lipinski definition) is 5. The summed E-state index contributed by atoms with van der Waals surface area (Å²) in [7, 11) is 0. The molecule has 22 heavy (non-hydrogen) atoms. The third kappa shape index (κ3) is 7.98. The minimum absolute atomic E-state index is 0.115. The maximum atomic E-state index is 11.6. The van der Waals surface area contributed by atoms with Gasteiger partial charge in [0, 0.05) is 24.8 Å². The summed E-state index contributed by atoms with van der Waals surface area (Å²) in [5.74, 6) is 0.246. The maximum absolute atomic E-state index is 11.6. The molecule has 0 saturated heterocycles. The Kier molecular flexibility index (Phi) is 6.49. The SMILES string of the molecule is CC(C)(C)OC(=O)NCCNC(=O)COc1cccc(N)c1. The van der Waals surface area contributed by atoms with Gasteiger partial charge in [0.25, 0.3) is 5.91 Å². The lowest BCUT2D eigenvalue weighted by atomic mass is 10.2. The average Bonchev–Trinajstić information content (AvgIpc) is 2.39. The van der Waals surface area contributed by atoms with Gasteiger partial charge in [0.1, 0.15) is 11.4 Å². The zero-order valence-corrected chi connectivity index (χ0v) is 13.1. The van der Waals surface area contributed by atoms with Crippen molar-refractivity contribution in [2.75, 3.05) is 25.4 Å². The van der Waals surface area contributed by atoms with Crippen molar-refractivity contribution < 1.29 is 19.1 Å². The summed E-state index contributed by atoms with van der Waals surface area (Å²) >= 11 is 0. The molecule has 0 spiro atoms. The normalized spacial score (nSPS) is 10.7. The van der Waals surface area contributed by atoms with E-state index >= 15 is 0 Å². The van der Waals surface area contributed by atoms with Crippen LogP contribution in [0.1, 0.15) is 20.8 Å². The first-order chi connectivity index (χ1) is 10.3. The summed E-state index contributed by atoms with van der Waals surface area (Å²) in [4.78, 5) is 22.9. The van der Waals surface area contributed by atoms with Gasteiger partial charge >= 0.3 is 6.09 Å². The highest BCUT2D eigenvalue weighted by atomic mass is 16.6. The van der Waals surface area contributed by atoms with Gasteiger partial charge in [-0.1, -0.05) is 6.07 Å². The van der Waals surface area contributed by atoms with Crippen LogP contribution in [0.15, 0.2) is 24.3 Å². The van der Waals surface area contributed by atoms with Gasteiger partial charge in [-0.2, -0.15) is 0 Å². The van der Waals surface area contributed by atoms with Crippen molar-refractivity contribution in [2.24, 2.45) is 0 Å². The van der Waals surface area contributed by atoms with Crippen LogP contribution in [0.2, 0.25) is 0 Å². The number of nitrogen functional groups attached to an aromatic ring is 1. The number of alkyl carbamates (subject to hydrolysis) is 1. The van der Waals surface area contributed by atoms with Gasteiger partial charge in [0.2, 0.25) is 0 Å². The first-order valence-corrected chi connectivity index (χ1v) is 6.98. The second-order valence-corrected chi connectivity index (χ2v) is 5.64. The zero-order valence-electron chi connectivity index (χ0n) is 13.1. The van der Waals surface area contributed by atoms with Crippen LogP contribution in [-0.4, -0.2) is 37.3 Å². The van der Waals surface area contributed by atoms with Crippen molar-refractivity contribution >= 4 is 17.7 Å². The van der Waals surface area contributed by atoms with E-state index in [9.17, 15) is 9.59 Å². The number of carbonyl (C=O) groups excluding carboxylic acids is 2. The van der Waals surface area contributed by atoms with E-state index in [2.05, 4.69) is 10.6 Å². The fourth-order valence-corrected chi connectivity index (χ4v) is 1.48. The minimum atomic E-state index is -0.543. The number of carbonyl (C=O) groups is 2. The lowest BCUT2D eigenvalue weighted by molar-refractivity contribution is -0.123. The fraction of sp³-hybridized carbons (Fsp3) is 0.467. The summed E-state index contributed by atoms with van der Waals surface area (Å²) in [6, 6.07) is 6.83. The second-order valence-electron chi connectivity index (χ2n) is 5.64. The Labute approximate surface area is 130 Å². The van der Waals surface area contributed by atoms with Crippen molar-refractivity contribution in [3.05, 3.63) is 24.3 Å². The van der Waals surface area contributed by atoms with Crippen molar-refractivity contribution in [3.63, 3.8) is 0 Å². The lowest BCUT2D eigenvalue weighted by Gasteiger charge is -2.19. The molecule has 0 fully saturated rings. The molecule has 0 saturated carbocycles. The van der Waals surface area contributed by atoms with Gasteiger partial charge in [-0.3, -0.25) is 4.79 Å². The number of amides is 2. The molecule has 0 radical (unpaired) electrons. The number of anilines is 1. The van der Waals surface area contributed by atoms with Crippen LogP contribution in [0.25, 0.3) is 0 Å². The minimum Gasteiger partial charge on any atom is -0.484 e. The van der Waals surface area contributed by atoms with E-state index in [1.54, 1.807) is 45.0 Å². The van der Waals surface area contributed by atoms with E-state index in [-0.39, 0.29) is 19.1 Å². The van der Waals surface area contributed by atoms with Gasteiger partial charge in [-0.15, -0.1) is 0 Å². The molecule has 7 nitrogen and oxygen atoms in total. The first-order valence-electron chi connectivity index (χ1n) is 6.98. The molecule has 1 rings (SSSR count). The molecule has 0 atom stereocenters. The Morgan fingerprint density at radius 3 is 2.50 bits per heavy atom. The van der Waals surface area contributed by atoms with Gasteiger partial charge in [-0.25, -0.2) is 4.79 Å². The van der Waals surface area contributed by atoms with Crippen molar-refractivity contribution in [1.29, 1.82) is 0 Å². The van der Waals surface area contributed by atoms with Crippen LogP contribution >= 0.6 is 0 Å². The van der Waals surface area contributed by atoms with Crippen LogP contribution in [0, 0.1) is 0 Å². The predicted molar refractivity (Wildman–Crippen MR) is 83.6 cm³/mol. The number of ether oxygens (including phenoxy) is 2. The van der Waals surface area contributed by atoms with E-state index in [0.29, 0.717) is 18.0 Å². The van der Waals surface area contributed by atoms with Crippen LogP contribution in [0.3, 0.4) is 0 Å². The lowest BCUT2D eigenvalue weighted by Crippen LogP contribution is -2.39. The number of rotatable bonds is 6. The van der Waals surface area contributed by atoms with Crippen LogP contribution in [-0.2, 0) is 9.53 Å². The number of benzene rings is 1. The van der Waals surface area contributed by atoms with Crippen LogP contribution in [0.4, 0.5) is 10.5 Å². The number of nitrogens with one attached hydrogen (secondary N) is 2. The monoisotopic (exact) mass is 309 g/mol. The molecule has 0 aromatic heterocycles. The Balaban J connectivity index is 2.15. The Hall–Kier alpha value is -2.44. The molecule has 122 valence electrons. The average molecular weight is 309 g/mol. The third-order valence-electron chi connectivity index (χ3n) is 2.34. The first kappa shape index (κ1) is 17.6. The quantitative estimate of drug-likeness (QED) is 0.543. The number of nitrogens with two attached hydrogens (primary N) is 1. The fourth-order valence-electron chi connectivity index (χ4n) is 1.48. The van der Waals surface area contributed by atoms with Gasteiger partial charge in [0.05, 0.1) is 0 Å². The van der Waals surface area contributed by atoms with Gasteiger partial charge in [-0.05, 0) is 32.9 Å². The summed E-state index contributed by atoms with van der Waals surface area (Å²) < 4.78 is 10.4. The van der Waals surface area contributed by atoms with Crippen LogP contribution in [0.5, 0.6) is 5.75 Å². The molecule has 1 aromatic rings. The molecule has 0 heterocycles. The summed E-state index contributed by atoms with van der Waals surface area (Å²) in [5, 5.41) is 5.16. The Bertz CT molecular complexity index is 512. The topological polar surface area (TPSA) is 103 Å². The molecule has 0 aliphatic heterocycles. The molecular formula is C15H23N3O4. The van der Waals surface area contributed by atoms with Crippen molar-refractivity contribution in [3.8, 4) is 5.75 Å². The Morgan fingerprint density at radius 1 is 1.18 bits per heavy atom. The standard InChI is InChI=1S/C15H23N3O4/c1-15(2,3)22-14(20)18-8-7-17-13(19)10-21-12-6-4-5-11(16)9-12/h4-6,9H,7-8,10,16H2,1-3H3,(H,17,19)(H,18,20). The van der Waals surface area contributed by atoms with Crippen molar-refractivity contribution in [1.82, 2.24) is 10.6 Å². The predicted octanol–water partition coefficient (Wildman–Crippen LogP) is 1.29. The molecular weight excluding hydrogens is 286 g/mol. The number of hydrogen-bond donors (Lipinski definition) is 3. The zero-order chi connectivity index (χ0) is 16.6. The third-order valence-corrected chi connectivity index (χ3v) is 2.34. The van der Waals surface area contributed by atoms with E-state index in [1.165, 1.54) is 0 Å². The van der Waals surface area contributed by atoms with E-state index < -0.39 is 11.7 Å². The Morgan fingerprint density at radius 2 is 1.86 bits per heavy atom. The van der Waals surface area contributed by atoms with Gasteiger partial charge < -0.3 is 25.8 Å². The highest BCUT2D eigenvalue weighted by Gasteiger charge is 2.15. The molecule has 0 unspecified atom stereocenters. The highest BCUT2D eigenvalue weighted by molar-refractivity contribution is 5.77. The smallest absolute Gasteiger partial charge is 0.407 e. The van der Waals surface area contributed by atoms with Gasteiger partial charge in [0.15, 0.2) is 6.61 Å². The van der Waals surface area contributed by atoms with E-state index in [4.69, 9.17) is 15.2 Å². The molecule has 1 aromatic carbocycles. The molecule has 0 aliphatic carbocycles. The van der Waals surface area contributed by atoms with Crippen molar-refractivity contribution in [2.45, 2.75) is 26.4 Å². The summed E-state index contributed by atoms with van der Waals surface area (Å²) in [6.45, 7) is 5.79. The summed E-state index contributed by atoms with van der Waals surface area (Å²) in [6.07, 6.45) is -0.516. The van der Waals surface area contributed by atoms with E-state index in [0.717, 1.165) is 0 Å². The van der Waals surface area contributed by atoms with E-state index in [1.807, 2.05) is 0 Å². The molecule has 7 heteroatoms. The molecule has 4 N–H and O–H groups in total. The largest absolute Gasteiger partial charge is 0.484 e. The molecule has 2 amide bonds. The molecule has 0 aliphatic rings. The summed E-state index contributed by atoms with van der Waals surface area (Å²) in [5.41, 5.74) is 5.63. The maximum Gasteiger partial charge on any atom is 0.407 e.